The summed E-state index contributed by atoms with van der Waals surface area (Å²) in [5.74, 6) is 0.529. The number of aliphatic carboxylic acids is 1. The van der Waals surface area contributed by atoms with E-state index in [1.54, 1.807) is 6.08 Å². The fraction of sp³-hybridized carbons (Fsp3) is 0.833. The van der Waals surface area contributed by atoms with Gasteiger partial charge < -0.3 is 15.3 Å². The van der Waals surface area contributed by atoms with Crippen LogP contribution in [0.1, 0.15) is 72.1 Å². The van der Waals surface area contributed by atoms with Crippen molar-refractivity contribution >= 4 is 11.8 Å². The minimum atomic E-state index is -0.761. The van der Waals surface area contributed by atoms with Crippen molar-refractivity contribution < 1.29 is 24.9 Å². The van der Waals surface area contributed by atoms with Crippen LogP contribution in [0.25, 0.3) is 0 Å². The van der Waals surface area contributed by atoms with E-state index < -0.39 is 18.2 Å². The maximum atomic E-state index is 12.0. The van der Waals surface area contributed by atoms with Crippen LogP contribution in [-0.2, 0) is 9.59 Å². The van der Waals surface area contributed by atoms with Crippen LogP contribution in [0.4, 0.5) is 0 Å². The maximum Gasteiger partial charge on any atom is 0.303 e. The zero-order valence-corrected chi connectivity index (χ0v) is 17.9. The molecule has 4 aliphatic carbocycles. The van der Waals surface area contributed by atoms with Crippen LogP contribution in [0.15, 0.2) is 11.6 Å². The molecule has 0 spiro atoms. The quantitative estimate of drug-likeness (QED) is 0.666. The molecular weight excluding hydrogens is 368 g/mol. The molecule has 5 nitrogen and oxygen atoms in total. The van der Waals surface area contributed by atoms with Gasteiger partial charge in [0, 0.05) is 12.8 Å². The van der Waals surface area contributed by atoms with E-state index in [4.69, 9.17) is 5.11 Å². The second-order valence-corrected chi connectivity index (χ2v) is 10.8. The molecule has 29 heavy (non-hydrogen) atoms. The topological polar surface area (TPSA) is 94.8 Å². The van der Waals surface area contributed by atoms with E-state index in [9.17, 15) is 19.8 Å². The SMILES string of the molecule is C[C@H](CCC(=O)O)[C@H]1CC[C@H]2[C@@H]3[C@H](O)CC4=CC(=O)CC[C@]4(C)[C@H]3C[C@@H](O)[C@]12C. The lowest BCUT2D eigenvalue weighted by atomic mass is 9.45. The van der Waals surface area contributed by atoms with Gasteiger partial charge in [0.15, 0.2) is 5.78 Å². The zero-order valence-electron chi connectivity index (χ0n) is 17.9. The number of hydrogen-bond acceptors (Lipinski definition) is 4. The number of carbonyl (C=O) groups is 2. The number of carboxylic acids is 1. The summed E-state index contributed by atoms with van der Waals surface area (Å²) in [7, 11) is 0. The number of fused-ring (bicyclic) bond motifs is 5. The Hall–Kier alpha value is -1.20. The first-order chi connectivity index (χ1) is 13.6. The predicted molar refractivity (Wildman–Crippen MR) is 109 cm³/mol. The molecule has 0 saturated heterocycles. The minimum absolute atomic E-state index is 0.104. The smallest absolute Gasteiger partial charge is 0.303 e. The van der Waals surface area contributed by atoms with Gasteiger partial charge in [0.2, 0.25) is 0 Å². The summed E-state index contributed by atoms with van der Waals surface area (Å²) in [6.45, 7) is 6.57. The first kappa shape index (κ1) is 21.0. The van der Waals surface area contributed by atoms with Gasteiger partial charge >= 0.3 is 5.97 Å². The highest BCUT2D eigenvalue weighted by molar-refractivity contribution is 5.91. The van der Waals surface area contributed by atoms with E-state index in [1.807, 2.05) is 0 Å². The highest BCUT2D eigenvalue weighted by Gasteiger charge is 2.64. The minimum Gasteiger partial charge on any atom is -0.481 e. The first-order valence-corrected chi connectivity index (χ1v) is 11.4. The van der Waals surface area contributed by atoms with E-state index in [-0.39, 0.29) is 52.6 Å². The van der Waals surface area contributed by atoms with Gasteiger partial charge in [-0.15, -0.1) is 0 Å². The molecule has 3 fully saturated rings. The van der Waals surface area contributed by atoms with Crippen LogP contribution in [-0.4, -0.2) is 39.3 Å². The number of carboxylic acid groups (broad SMARTS) is 1. The summed E-state index contributed by atoms with van der Waals surface area (Å²) >= 11 is 0. The molecule has 0 aromatic carbocycles. The van der Waals surface area contributed by atoms with E-state index >= 15 is 0 Å². The third-order valence-electron chi connectivity index (χ3n) is 9.66. The number of rotatable bonds is 4. The van der Waals surface area contributed by atoms with Crippen molar-refractivity contribution in [3.8, 4) is 0 Å². The lowest BCUT2D eigenvalue weighted by Crippen LogP contribution is -2.60. The zero-order chi connectivity index (χ0) is 21.1. The van der Waals surface area contributed by atoms with E-state index in [0.29, 0.717) is 25.7 Å². The van der Waals surface area contributed by atoms with Gasteiger partial charge in [0.1, 0.15) is 0 Å². The summed E-state index contributed by atoms with van der Waals surface area (Å²) in [5, 5.41) is 31.7. The fourth-order valence-corrected chi connectivity index (χ4v) is 8.01. The van der Waals surface area contributed by atoms with Crippen molar-refractivity contribution in [2.75, 3.05) is 0 Å². The number of aliphatic hydroxyl groups is 2. The Bertz CT molecular complexity index is 729. The highest BCUT2D eigenvalue weighted by atomic mass is 16.4. The summed E-state index contributed by atoms with van der Waals surface area (Å²) in [6, 6.07) is 0. The molecule has 3 N–H and O–H groups in total. The second-order valence-electron chi connectivity index (χ2n) is 10.8. The van der Waals surface area contributed by atoms with Crippen LogP contribution >= 0.6 is 0 Å². The Kier molecular flexibility index (Phi) is 5.22. The second kappa shape index (κ2) is 7.19. The van der Waals surface area contributed by atoms with Crippen molar-refractivity contribution in [1.29, 1.82) is 0 Å². The Balaban J connectivity index is 1.64. The molecule has 3 saturated carbocycles. The number of carbonyl (C=O) groups excluding carboxylic acids is 1. The molecule has 0 bridgehead atoms. The first-order valence-electron chi connectivity index (χ1n) is 11.4. The molecule has 0 radical (unpaired) electrons. The molecule has 0 aromatic rings. The van der Waals surface area contributed by atoms with Gasteiger partial charge in [-0.1, -0.05) is 26.3 Å². The molecule has 4 rings (SSSR count). The third kappa shape index (κ3) is 3.11. The largest absolute Gasteiger partial charge is 0.481 e. The molecular formula is C24H36O5. The summed E-state index contributed by atoms with van der Waals surface area (Å²) < 4.78 is 0. The summed E-state index contributed by atoms with van der Waals surface area (Å²) in [4.78, 5) is 23.1. The average molecular weight is 405 g/mol. The monoisotopic (exact) mass is 404 g/mol. The van der Waals surface area contributed by atoms with Gasteiger partial charge in [-0.3, -0.25) is 9.59 Å². The van der Waals surface area contributed by atoms with Crippen LogP contribution in [0.2, 0.25) is 0 Å². The Morgan fingerprint density at radius 1 is 1.24 bits per heavy atom. The van der Waals surface area contributed by atoms with E-state index in [1.165, 1.54) is 0 Å². The molecule has 162 valence electrons. The third-order valence-corrected chi connectivity index (χ3v) is 9.66. The van der Waals surface area contributed by atoms with Crippen LogP contribution in [0.3, 0.4) is 0 Å². The Morgan fingerprint density at radius 3 is 2.66 bits per heavy atom. The van der Waals surface area contributed by atoms with Crippen molar-refractivity contribution in [2.45, 2.75) is 84.3 Å². The molecule has 9 atom stereocenters. The fourth-order valence-electron chi connectivity index (χ4n) is 8.01. The molecule has 4 aliphatic rings. The molecule has 5 heteroatoms. The summed E-state index contributed by atoms with van der Waals surface area (Å²) in [5.41, 5.74) is 0.706. The van der Waals surface area contributed by atoms with Crippen molar-refractivity contribution in [3.63, 3.8) is 0 Å². The van der Waals surface area contributed by atoms with Gasteiger partial charge in [-0.2, -0.15) is 0 Å². The van der Waals surface area contributed by atoms with Gasteiger partial charge in [0.05, 0.1) is 12.2 Å². The van der Waals surface area contributed by atoms with E-state index in [2.05, 4.69) is 20.8 Å². The molecule has 0 unspecified atom stereocenters. The van der Waals surface area contributed by atoms with Crippen molar-refractivity contribution in [3.05, 3.63) is 11.6 Å². The normalized spacial score (nSPS) is 47.6. The predicted octanol–water partition coefficient (Wildman–Crippen LogP) is 3.58. The highest BCUT2D eigenvalue weighted by Crippen LogP contribution is 2.67. The summed E-state index contributed by atoms with van der Waals surface area (Å²) in [6.07, 6.45) is 6.27. The Labute approximate surface area is 173 Å². The molecule has 0 aliphatic heterocycles. The number of aliphatic hydroxyl groups excluding tert-OH is 2. The van der Waals surface area contributed by atoms with Gasteiger partial charge in [0.25, 0.3) is 0 Å². The van der Waals surface area contributed by atoms with Crippen molar-refractivity contribution in [1.82, 2.24) is 0 Å². The van der Waals surface area contributed by atoms with E-state index in [0.717, 1.165) is 24.8 Å². The van der Waals surface area contributed by atoms with Crippen LogP contribution in [0.5, 0.6) is 0 Å². The number of hydrogen-bond donors (Lipinski definition) is 3. The maximum absolute atomic E-state index is 12.0. The van der Waals surface area contributed by atoms with Gasteiger partial charge in [-0.05, 0) is 85.0 Å². The lowest BCUT2D eigenvalue weighted by molar-refractivity contribution is -0.168. The molecule has 0 amide bonds. The molecule has 0 heterocycles. The average Bonchev–Trinajstić information content (AvgIpc) is 3.01. The van der Waals surface area contributed by atoms with Crippen molar-refractivity contribution in [2.24, 2.45) is 40.4 Å². The number of ketones is 1. The lowest BCUT2D eigenvalue weighted by Gasteiger charge is -2.61. The van der Waals surface area contributed by atoms with Gasteiger partial charge in [-0.25, -0.2) is 0 Å². The van der Waals surface area contributed by atoms with Crippen LogP contribution < -0.4 is 0 Å². The molecule has 0 aromatic heterocycles. The Morgan fingerprint density at radius 2 is 1.97 bits per heavy atom. The van der Waals surface area contributed by atoms with Crippen LogP contribution in [0, 0.1) is 40.4 Å². The standard InChI is InChI=1S/C24H36O5/c1-13(4-7-21(28)29)16-5-6-17-22-18(12-20(27)24(16,17)3)23(2)9-8-15(25)10-14(23)11-19(22)26/h10,13,16-20,22,26-27H,4-9,11-12H2,1-3H3,(H,28,29)/t13-,16-,17+,18+,19-,20-,22+,23+,24-/m1/s1.